The Morgan fingerprint density at radius 3 is 2.57 bits per heavy atom. The maximum absolute atomic E-state index is 12.9. The summed E-state index contributed by atoms with van der Waals surface area (Å²) in [5, 5.41) is 0. The van der Waals surface area contributed by atoms with Gasteiger partial charge in [-0.05, 0) is 43.4 Å². The first-order chi connectivity index (χ1) is 9.86. The lowest BCUT2D eigenvalue weighted by molar-refractivity contribution is 0.366. The molecule has 0 unspecified atom stereocenters. The number of sulfonamides is 1. The number of ether oxygens (including phenoxy) is 1. The standard InChI is InChI=1S/C15H24N2O3S/c1-11(2)8-9-17(13-5-6-13)21(18,19)15-10-12(16)4-7-14(15)20-3/h4,7,10-11,13H,5-6,8-9,16H2,1-3H3. The summed E-state index contributed by atoms with van der Waals surface area (Å²) < 4.78 is 32.7. The van der Waals surface area contributed by atoms with Gasteiger partial charge in [-0.15, -0.1) is 0 Å². The first-order valence-electron chi connectivity index (χ1n) is 7.31. The van der Waals surface area contributed by atoms with Crippen LogP contribution in [0, 0.1) is 5.92 Å². The van der Waals surface area contributed by atoms with Crippen LogP contribution in [0.25, 0.3) is 0 Å². The van der Waals surface area contributed by atoms with Crippen LogP contribution in [0.4, 0.5) is 5.69 Å². The highest BCUT2D eigenvalue weighted by Gasteiger charge is 2.39. The van der Waals surface area contributed by atoms with Crippen molar-refractivity contribution < 1.29 is 13.2 Å². The Morgan fingerprint density at radius 1 is 1.38 bits per heavy atom. The molecule has 0 bridgehead atoms. The second-order valence-corrected chi connectivity index (χ2v) is 7.80. The molecule has 2 N–H and O–H groups in total. The van der Waals surface area contributed by atoms with E-state index in [0.717, 1.165) is 19.3 Å². The summed E-state index contributed by atoms with van der Waals surface area (Å²) in [6.45, 7) is 4.74. The molecule has 2 rings (SSSR count). The van der Waals surface area contributed by atoms with Gasteiger partial charge in [0.05, 0.1) is 7.11 Å². The summed E-state index contributed by atoms with van der Waals surface area (Å²) in [7, 11) is -2.10. The molecule has 1 aromatic carbocycles. The fraction of sp³-hybridized carbons (Fsp3) is 0.600. The predicted octanol–water partition coefficient (Wildman–Crippen LogP) is 2.48. The van der Waals surface area contributed by atoms with E-state index in [9.17, 15) is 8.42 Å². The minimum Gasteiger partial charge on any atom is -0.495 e. The van der Waals surface area contributed by atoms with Crippen molar-refractivity contribution in [3.63, 3.8) is 0 Å². The molecule has 1 aliphatic rings. The Labute approximate surface area is 127 Å². The van der Waals surface area contributed by atoms with E-state index in [1.807, 2.05) is 0 Å². The molecule has 0 heterocycles. The summed E-state index contributed by atoms with van der Waals surface area (Å²) in [4.78, 5) is 0.167. The molecule has 0 aliphatic heterocycles. The molecule has 5 nitrogen and oxygen atoms in total. The highest BCUT2D eigenvalue weighted by Crippen LogP contribution is 2.36. The molecule has 0 atom stereocenters. The van der Waals surface area contributed by atoms with Gasteiger partial charge in [-0.25, -0.2) is 8.42 Å². The van der Waals surface area contributed by atoms with Gasteiger partial charge in [-0.1, -0.05) is 13.8 Å². The average Bonchev–Trinajstić information content (AvgIpc) is 3.23. The third-order valence-corrected chi connectivity index (χ3v) is 5.63. The fourth-order valence-corrected chi connectivity index (χ4v) is 4.16. The predicted molar refractivity (Wildman–Crippen MR) is 83.8 cm³/mol. The number of anilines is 1. The van der Waals surface area contributed by atoms with Crippen LogP contribution in [-0.2, 0) is 10.0 Å². The Hall–Kier alpha value is -1.27. The fourth-order valence-electron chi connectivity index (χ4n) is 2.27. The molecule has 6 heteroatoms. The zero-order chi connectivity index (χ0) is 15.6. The Bertz CT molecular complexity index is 595. The lowest BCUT2D eigenvalue weighted by Gasteiger charge is -2.24. The van der Waals surface area contributed by atoms with Crippen LogP contribution in [-0.4, -0.2) is 32.4 Å². The number of methoxy groups -OCH3 is 1. The van der Waals surface area contributed by atoms with E-state index in [0.29, 0.717) is 23.9 Å². The van der Waals surface area contributed by atoms with Crippen LogP contribution in [0.1, 0.15) is 33.1 Å². The van der Waals surface area contributed by atoms with Crippen molar-refractivity contribution in [2.75, 3.05) is 19.4 Å². The zero-order valence-electron chi connectivity index (χ0n) is 12.9. The van der Waals surface area contributed by atoms with E-state index in [-0.39, 0.29) is 10.9 Å². The minimum atomic E-state index is -3.57. The summed E-state index contributed by atoms with van der Waals surface area (Å²) in [5.41, 5.74) is 6.18. The van der Waals surface area contributed by atoms with Crippen molar-refractivity contribution in [1.82, 2.24) is 4.31 Å². The average molecular weight is 312 g/mol. The number of rotatable bonds is 7. The maximum Gasteiger partial charge on any atom is 0.247 e. The van der Waals surface area contributed by atoms with Crippen LogP contribution in [0.2, 0.25) is 0 Å². The number of nitrogen functional groups attached to an aromatic ring is 1. The zero-order valence-corrected chi connectivity index (χ0v) is 13.7. The number of hydrogen-bond donors (Lipinski definition) is 1. The smallest absolute Gasteiger partial charge is 0.247 e. The third-order valence-electron chi connectivity index (χ3n) is 3.66. The Morgan fingerprint density at radius 2 is 2.05 bits per heavy atom. The molecule has 1 fully saturated rings. The van der Waals surface area contributed by atoms with Gasteiger partial charge in [0.15, 0.2) is 0 Å². The van der Waals surface area contributed by atoms with E-state index in [2.05, 4.69) is 13.8 Å². The summed E-state index contributed by atoms with van der Waals surface area (Å²) in [6, 6.07) is 4.86. The van der Waals surface area contributed by atoms with Gasteiger partial charge in [0.25, 0.3) is 0 Å². The van der Waals surface area contributed by atoms with Crippen LogP contribution in [0.5, 0.6) is 5.75 Å². The first kappa shape index (κ1) is 16.1. The molecule has 118 valence electrons. The molecule has 0 radical (unpaired) electrons. The third kappa shape index (κ3) is 3.68. The van der Waals surface area contributed by atoms with Gasteiger partial charge in [-0.3, -0.25) is 0 Å². The van der Waals surface area contributed by atoms with Crippen molar-refractivity contribution in [3.8, 4) is 5.75 Å². The van der Waals surface area contributed by atoms with Gasteiger partial charge in [0, 0.05) is 18.3 Å². The van der Waals surface area contributed by atoms with Crippen molar-refractivity contribution in [3.05, 3.63) is 18.2 Å². The molecule has 0 spiro atoms. The second kappa shape index (κ2) is 6.23. The molecule has 1 saturated carbocycles. The summed E-state index contributed by atoms with van der Waals surface area (Å²) in [6.07, 6.45) is 2.71. The topological polar surface area (TPSA) is 72.6 Å². The van der Waals surface area contributed by atoms with E-state index in [4.69, 9.17) is 10.5 Å². The Balaban J connectivity index is 2.36. The Kier molecular flexibility index (Phi) is 4.78. The van der Waals surface area contributed by atoms with Gasteiger partial charge in [0.2, 0.25) is 10.0 Å². The van der Waals surface area contributed by atoms with Gasteiger partial charge in [0.1, 0.15) is 10.6 Å². The van der Waals surface area contributed by atoms with Crippen LogP contribution >= 0.6 is 0 Å². The highest BCUT2D eigenvalue weighted by molar-refractivity contribution is 7.89. The number of hydrogen-bond acceptors (Lipinski definition) is 4. The molecule has 0 aromatic heterocycles. The molecular weight excluding hydrogens is 288 g/mol. The summed E-state index contributed by atoms with van der Waals surface area (Å²) >= 11 is 0. The molecule has 0 amide bonds. The quantitative estimate of drug-likeness (QED) is 0.785. The molecular formula is C15H24N2O3S. The normalized spacial score (nSPS) is 15.7. The highest BCUT2D eigenvalue weighted by atomic mass is 32.2. The maximum atomic E-state index is 12.9. The minimum absolute atomic E-state index is 0.125. The monoisotopic (exact) mass is 312 g/mol. The van der Waals surface area contributed by atoms with Crippen LogP contribution in [0.3, 0.4) is 0 Å². The SMILES string of the molecule is COc1ccc(N)cc1S(=O)(=O)N(CCC(C)C)C1CC1. The number of nitrogens with zero attached hydrogens (tertiary/aromatic N) is 1. The lowest BCUT2D eigenvalue weighted by Crippen LogP contribution is -2.34. The number of nitrogens with two attached hydrogens (primary N) is 1. The largest absolute Gasteiger partial charge is 0.495 e. The van der Waals surface area contributed by atoms with Crippen molar-refractivity contribution in [2.24, 2.45) is 5.92 Å². The first-order valence-corrected chi connectivity index (χ1v) is 8.75. The van der Waals surface area contributed by atoms with Crippen molar-refractivity contribution >= 4 is 15.7 Å². The molecule has 0 saturated heterocycles. The van der Waals surface area contributed by atoms with Gasteiger partial charge in [-0.2, -0.15) is 4.31 Å². The van der Waals surface area contributed by atoms with Crippen LogP contribution in [0.15, 0.2) is 23.1 Å². The van der Waals surface area contributed by atoms with Gasteiger partial charge >= 0.3 is 0 Å². The molecule has 1 aromatic rings. The van der Waals surface area contributed by atoms with Crippen molar-refractivity contribution in [1.29, 1.82) is 0 Å². The molecule has 1 aliphatic carbocycles. The van der Waals surface area contributed by atoms with E-state index >= 15 is 0 Å². The second-order valence-electron chi connectivity index (χ2n) is 5.94. The van der Waals surface area contributed by atoms with E-state index < -0.39 is 10.0 Å². The molecule has 21 heavy (non-hydrogen) atoms. The summed E-state index contributed by atoms with van der Waals surface area (Å²) in [5.74, 6) is 0.809. The van der Waals surface area contributed by atoms with Crippen molar-refractivity contribution in [2.45, 2.75) is 44.0 Å². The lowest BCUT2D eigenvalue weighted by atomic mass is 10.1. The number of benzene rings is 1. The van der Waals surface area contributed by atoms with E-state index in [1.165, 1.54) is 13.2 Å². The van der Waals surface area contributed by atoms with E-state index in [1.54, 1.807) is 16.4 Å². The van der Waals surface area contributed by atoms with Gasteiger partial charge < -0.3 is 10.5 Å². The van der Waals surface area contributed by atoms with Crippen LogP contribution < -0.4 is 10.5 Å².